The highest BCUT2D eigenvalue weighted by Crippen LogP contribution is 2.13. The van der Waals surface area contributed by atoms with Crippen LogP contribution in [0.2, 0.25) is 0 Å². The molecule has 0 amide bonds. The quantitative estimate of drug-likeness (QED) is 0.622. The molecule has 0 saturated carbocycles. The molecule has 0 aliphatic heterocycles. The predicted octanol–water partition coefficient (Wildman–Crippen LogP) is 0.827. The number of halogens is 1. The van der Waals surface area contributed by atoms with Gasteiger partial charge in [0.1, 0.15) is 6.67 Å². The molecule has 2 atom stereocenters. The van der Waals surface area contributed by atoms with Gasteiger partial charge >= 0.3 is 5.97 Å². The van der Waals surface area contributed by atoms with Crippen LogP contribution in [0, 0.1) is 18.4 Å². The maximum Gasteiger partial charge on any atom is 0.309 e. The fraction of sp³-hybridized carbons (Fsp3) is 0.667. The highest BCUT2D eigenvalue weighted by atomic mass is 19.1. The van der Waals surface area contributed by atoms with E-state index >= 15 is 0 Å². The predicted molar refractivity (Wildman–Crippen MR) is 32.5 cm³/mol. The lowest BCUT2D eigenvalue weighted by molar-refractivity contribution is -0.144. The molecule has 1 radical (unpaired) electrons. The molecule has 4 heteroatoms. The summed E-state index contributed by atoms with van der Waals surface area (Å²) in [6, 6.07) is 0. The van der Waals surface area contributed by atoms with Crippen molar-refractivity contribution in [1.29, 1.82) is 0 Å². The van der Waals surface area contributed by atoms with Gasteiger partial charge < -0.3 is 10.2 Å². The Bertz CT molecular complexity index is 116. The molecule has 0 bridgehead atoms. The lowest BCUT2D eigenvalue weighted by Gasteiger charge is -2.12. The first-order chi connectivity index (χ1) is 4.63. The Hall–Kier alpha value is -0.640. The molecule has 0 fully saturated rings. The Morgan fingerprint density at radius 1 is 1.80 bits per heavy atom. The van der Waals surface area contributed by atoms with Crippen molar-refractivity contribution >= 4 is 5.97 Å². The van der Waals surface area contributed by atoms with Gasteiger partial charge in [-0.2, -0.15) is 0 Å². The number of hydrogen-bond donors (Lipinski definition) is 2. The highest BCUT2D eigenvalue weighted by molar-refractivity contribution is 5.70. The molecule has 0 heterocycles. The molecule has 0 saturated heterocycles. The fourth-order valence-electron chi connectivity index (χ4n) is 0.535. The van der Waals surface area contributed by atoms with Crippen LogP contribution in [0.3, 0.4) is 0 Å². The summed E-state index contributed by atoms with van der Waals surface area (Å²) in [5.74, 6) is -2.98. The first-order valence-electron chi connectivity index (χ1n) is 2.89. The van der Waals surface area contributed by atoms with Crippen LogP contribution in [-0.2, 0) is 4.79 Å². The molecule has 3 nitrogen and oxygen atoms in total. The summed E-state index contributed by atoms with van der Waals surface area (Å²) in [6.07, 6.45) is 0. The summed E-state index contributed by atoms with van der Waals surface area (Å²) in [5, 5.41) is 16.6. The standard InChI is InChI=1S/C6H10FO3/c1-4(3-8)5(2-7)6(9)10/h3-5,8H,2H2,1H3,(H,9,10). The molecule has 0 aliphatic carbocycles. The van der Waals surface area contributed by atoms with Crippen LogP contribution in [0.4, 0.5) is 4.39 Å². The van der Waals surface area contributed by atoms with Crippen LogP contribution in [0.15, 0.2) is 0 Å². The van der Waals surface area contributed by atoms with E-state index in [2.05, 4.69) is 0 Å². The lowest BCUT2D eigenvalue weighted by atomic mass is 9.97. The lowest BCUT2D eigenvalue weighted by Crippen LogP contribution is -2.23. The molecule has 0 aromatic rings. The van der Waals surface area contributed by atoms with E-state index in [0.29, 0.717) is 6.61 Å². The van der Waals surface area contributed by atoms with Gasteiger partial charge in [-0.3, -0.25) is 9.18 Å². The number of carboxylic acids is 1. The van der Waals surface area contributed by atoms with E-state index in [9.17, 15) is 9.18 Å². The van der Waals surface area contributed by atoms with Gasteiger partial charge in [-0.1, -0.05) is 6.92 Å². The Labute approximate surface area is 58.5 Å². The summed E-state index contributed by atoms with van der Waals surface area (Å²) in [5.41, 5.74) is 0. The summed E-state index contributed by atoms with van der Waals surface area (Å²) >= 11 is 0. The third-order valence-electron chi connectivity index (χ3n) is 1.35. The van der Waals surface area contributed by atoms with Crippen molar-refractivity contribution in [1.82, 2.24) is 0 Å². The topological polar surface area (TPSA) is 57.5 Å². The van der Waals surface area contributed by atoms with E-state index in [1.54, 1.807) is 0 Å². The van der Waals surface area contributed by atoms with Crippen LogP contribution in [0.25, 0.3) is 0 Å². The zero-order valence-corrected chi connectivity index (χ0v) is 5.62. The first kappa shape index (κ1) is 9.36. The number of rotatable bonds is 4. The number of aliphatic hydroxyl groups is 1. The minimum atomic E-state index is -1.22. The van der Waals surface area contributed by atoms with Gasteiger partial charge in [0, 0.05) is 5.92 Å². The molecule has 0 aromatic carbocycles. The van der Waals surface area contributed by atoms with Gasteiger partial charge in [0.05, 0.1) is 12.5 Å². The molecule has 0 rings (SSSR count). The zero-order chi connectivity index (χ0) is 8.15. The van der Waals surface area contributed by atoms with Gasteiger partial charge in [-0.15, -0.1) is 0 Å². The molecular formula is C6H10FO3. The molecule has 2 N–H and O–H groups in total. The third kappa shape index (κ3) is 2.31. The minimum Gasteiger partial charge on any atom is -0.481 e. The van der Waals surface area contributed by atoms with Crippen molar-refractivity contribution in [2.45, 2.75) is 6.92 Å². The van der Waals surface area contributed by atoms with Crippen molar-refractivity contribution in [3.8, 4) is 0 Å². The summed E-state index contributed by atoms with van der Waals surface area (Å²) in [6.45, 7) is 1.18. The Kier molecular flexibility index (Phi) is 3.95. The van der Waals surface area contributed by atoms with Gasteiger partial charge in [0.2, 0.25) is 0 Å². The van der Waals surface area contributed by atoms with Crippen LogP contribution in [0.5, 0.6) is 0 Å². The van der Waals surface area contributed by atoms with Gasteiger partial charge in [-0.05, 0) is 0 Å². The second kappa shape index (κ2) is 4.22. The maximum atomic E-state index is 11.8. The largest absolute Gasteiger partial charge is 0.481 e. The van der Waals surface area contributed by atoms with Crippen molar-refractivity contribution in [2.24, 2.45) is 11.8 Å². The highest BCUT2D eigenvalue weighted by Gasteiger charge is 2.23. The van der Waals surface area contributed by atoms with E-state index < -0.39 is 24.5 Å². The number of aliphatic carboxylic acids is 1. The van der Waals surface area contributed by atoms with Crippen LogP contribution < -0.4 is 0 Å². The van der Waals surface area contributed by atoms with Crippen molar-refractivity contribution < 1.29 is 19.4 Å². The van der Waals surface area contributed by atoms with E-state index in [1.165, 1.54) is 6.92 Å². The summed E-state index contributed by atoms with van der Waals surface area (Å²) in [4.78, 5) is 10.2. The fourth-order valence-corrected chi connectivity index (χ4v) is 0.535. The van der Waals surface area contributed by atoms with Crippen LogP contribution in [-0.4, -0.2) is 22.9 Å². The zero-order valence-electron chi connectivity index (χ0n) is 5.62. The van der Waals surface area contributed by atoms with Crippen molar-refractivity contribution in [3.05, 3.63) is 6.61 Å². The number of hydrogen-bond acceptors (Lipinski definition) is 2. The number of carboxylic acid groups (broad SMARTS) is 1. The first-order valence-corrected chi connectivity index (χ1v) is 2.89. The molecule has 0 spiro atoms. The third-order valence-corrected chi connectivity index (χ3v) is 1.35. The molecule has 2 unspecified atom stereocenters. The number of carbonyl (C=O) groups is 1. The molecule has 0 aromatic heterocycles. The Morgan fingerprint density at radius 3 is 2.40 bits per heavy atom. The van der Waals surface area contributed by atoms with Gasteiger partial charge in [0.15, 0.2) is 0 Å². The summed E-state index contributed by atoms with van der Waals surface area (Å²) < 4.78 is 11.8. The van der Waals surface area contributed by atoms with E-state index in [-0.39, 0.29) is 0 Å². The monoisotopic (exact) mass is 149 g/mol. The second-order valence-corrected chi connectivity index (χ2v) is 2.11. The summed E-state index contributed by atoms with van der Waals surface area (Å²) in [7, 11) is 0. The van der Waals surface area contributed by atoms with Gasteiger partial charge in [0.25, 0.3) is 0 Å². The normalized spacial score (nSPS) is 16.3. The van der Waals surface area contributed by atoms with E-state index in [1.807, 2.05) is 0 Å². The Morgan fingerprint density at radius 2 is 2.30 bits per heavy atom. The van der Waals surface area contributed by atoms with E-state index in [0.717, 1.165) is 0 Å². The van der Waals surface area contributed by atoms with Crippen LogP contribution in [0.1, 0.15) is 6.92 Å². The van der Waals surface area contributed by atoms with Crippen molar-refractivity contribution in [2.75, 3.05) is 6.67 Å². The molecule has 59 valence electrons. The smallest absolute Gasteiger partial charge is 0.309 e. The van der Waals surface area contributed by atoms with Crippen molar-refractivity contribution in [3.63, 3.8) is 0 Å². The minimum absolute atomic E-state index is 0.637. The van der Waals surface area contributed by atoms with Gasteiger partial charge in [-0.25, -0.2) is 0 Å². The van der Waals surface area contributed by atoms with Crippen LogP contribution >= 0.6 is 0 Å². The second-order valence-electron chi connectivity index (χ2n) is 2.11. The maximum absolute atomic E-state index is 11.8. The van der Waals surface area contributed by atoms with E-state index in [4.69, 9.17) is 10.2 Å². The average Bonchev–Trinajstić information content (AvgIpc) is 1.88. The average molecular weight is 149 g/mol. The number of aliphatic hydroxyl groups excluding tert-OH is 1. The molecule has 0 aliphatic rings. The SMILES string of the molecule is CC([CH]O)C(CF)C(=O)O. The molecule has 10 heavy (non-hydrogen) atoms. The Balaban J connectivity index is 3.92. The number of alkyl halides is 1. The molecular weight excluding hydrogens is 139 g/mol.